The molecule has 2 saturated carbocycles. The van der Waals surface area contributed by atoms with Crippen LogP contribution in [0.1, 0.15) is 47.5 Å². The molecule has 1 heterocycles. The van der Waals surface area contributed by atoms with E-state index < -0.39 is 64.4 Å². The number of ether oxygens (including phenoxy) is 1. The van der Waals surface area contributed by atoms with Crippen LogP contribution in [0.25, 0.3) is 0 Å². The molecule has 7 heteroatoms. The van der Waals surface area contributed by atoms with Crippen molar-refractivity contribution in [1.82, 2.24) is 0 Å². The molecular formula is C21H34O7. The van der Waals surface area contributed by atoms with Crippen molar-refractivity contribution >= 4 is 0 Å². The highest BCUT2D eigenvalue weighted by atomic mass is 16.6. The second-order valence-electron chi connectivity index (χ2n) is 10.4. The van der Waals surface area contributed by atoms with Crippen LogP contribution in [0.15, 0.2) is 11.1 Å². The first-order chi connectivity index (χ1) is 12.7. The standard InChI is InChI=1S/C21H34O7/c1-9-11(22)7-21(27)10(2)16-19(5,12(23)6-13-20(16,26)8-28-13)17(25)15(24)14(9)18(21,3)4/h10-13,15-17,22-27H,6-8H2,1-5H3/t10-,11?,12?,13?,15?,16?,17?,19+,20?,21?/m0/s1. The third-order valence-electron chi connectivity index (χ3n) is 9.11. The lowest BCUT2D eigenvalue weighted by Gasteiger charge is -2.69. The summed E-state index contributed by atoms with van der Waals surface area (Å²) in [5, 5.41) is 67.7. The third kappa shape index (κ3) is 2.09. The van der Waals surface area contributed by atoms with Gasteiger partial charge in [-0.3, -0.25) is 0 Å². The lowest BCUT2D eigenvalue weighted by atomic mass is 9.42. The molecule has 1 aliphatic heterocycles. The van der Waals surface area contributed by atoms with Crippen LogP contribution in [0, 0.1) is 22.7 Å². The van der Waals surface area contributed by atoms with Gasteiger partial charge in [0, 0.05) is 29.6 Å². The number of aliphatic hydroxyl groups excluding tert-OH is 4. The van der Waals surface area contributed by atoms with E-state index in [0.717, 1.165) is 0 Å². The highest BCUT2D eigenvalue weighted by Crippen LogP contribution is 2.64. The third-order valence-corrected chi connectivity index (χ3v) is 9.11. The van der Waals surface area contributed by atoms with Crippen LogP contribution in [0.3, 0.4) is 0 Å². The highest BCUT2D eigenvalue weighted by molar-refractivity contribution is 5.38. The molecule has 4 aliphatic rings. The average Bonchev–Trinajstić information content (AvgIpc) is 2.60. The summed E-state index contributed by atoms with van der Waals surface area (Å²) in [7, 11) is 0. The fourth-order valence-corrected chi connectivity index (χ4v) is 7.23. The maximum absolute atomic E-state index is 12.0. The normalized spacial score (nSPS) is 58.2. The zero-order chi connectivity index (χ0) is 21.0. The summed E-state index contributed by atoms with van der Waals surface area (Å²) < 4.78 is 5.52. The minimum absolute atomic E-state index is 0.0542. The van der Waals surface area contributed by atoms with Crippen molar-refractivity contribution in [3.63, 3.8) is 0 Å². The van der Waals surface area contributed by atoms with Gasteiger partial charge in [-0.15, -0.1) is 0 Å². The van der Waals surface area contributed by atoms with Gasteiger partial charge < -0.3 is 35.4 Å². The van der Waals surface area contributed by atoms with Crippen molar-refractivity contribution in [2.75, 3.05) is 6.61 Å². The van der Waals surface area contributed by atoms with Gasteiger partial charge in [-0.25, -0.2) is 0 Å². The zero-order valence-corrected chi connectivity index (χ0v) is 17.3. The number of rotatable bonds is 0. The van der Waals surface area contributed by atoms with E-state index in [4.69, 9.17) is 4.74 Å². The van der Waals surface area contributed by atoms with Gasteiger partial charge in [-0.05, 0) is 24.0 Å². The van der Waals surface area contributed by atoms with Crippen molar-refractivity contribution in [1.29, 1.82) is 0 Å². The molecule has 28 heavy (non-hydrogen) atoms. The maximum atomic E-state index is 12.0. The van der Waals surface area contributed by atoms with E-state index in [9.17, 15) is 30.6 Å². The molecule has 0 radical (unpaired) electrons. The fraction of sp³-hybridized carbons (Fsp3) is 0.905. The SMILES string of the molecule is CC1=C2C(O)C(O)[C@]3(C)C(O)CC4OCC4(O)C3[C@H](C)C(O)(CC1O)C2(C)C. The first-order valence-electron chi connectivity index (χ1n) is 10.2. The molecule has 0 aromatic heterocycles. The van der Waals surface area contributed by atoms with Crippen LogP contribution in [0.5, 0.6) is 0 Å². The highest BCUT2D eigenvalue weighted by Gasteiger charge is 2.73. The smallest absolute Gasteiger partial charge is 0.118 e. The molecule has 6 N–H and O–H groups in total. The van der Waals surface area contributed by atoms with Crippen molar-refractivity contribution in [3.05, 3.63) is 11.1 Å². The van der Waals surface area contributed by atoms with Gasteiger partial charge in [0.25, 0.3) is 0 Å². The molecule has 160 valence electrons. The molecule has 3 fully saturated rings. The second kappa shape index (κ2) is 5.78. The maximum Gasteiger partial charge on any atom is 0.118 e. The zero-order valence-electron chi connectivity index (χ0n) is 17.3. The minimum atomic E-state index is -1.46. The lowest BCUT2D eigenvalue weighted by Crippen LogP contribution is -2.79. The van der Waals surface area contributed by atoms with Crippen LogP contribution in [0.2, 0.25) is 0 Å². The molecule has 0 aromatic carbocycles. The van der Waals surface area contributed by atoms with Crippen LogP contribution >= 0.6 is 0 Å². The molecule has 0 aromatic rings. The monoisotopic (exact) mass is 398 g/mol. The summed E-state index contributed by atoms with van der Waals surface area (Å²) in [6, 6.07) is 0. The summed E-state index contributed by atoms with van der Waals surface area (Å²) >= 11 is 0. The van der Waals surface area contributed by atoms with Crippen molar-refractivity contribution in [2.45, 2.75) is 89.2 Å². The largest absolute Gasteiger partial charge is 0.392 e. The average molecular weight is 398 g/mol. The molecule has 3 aliphatic carbocycles. The molecule has 4 rings (SSSR count). The first-order valence-corrected chi connectivity index (χ1v) is 10.2. The van der Waals surface area contributed by atoms with E-state index in [0.29, 0.717) is 11.1 Å². The van der Waals surface area contributed by atoms with E-state index in [1.807, 2.05) is 20.8 Å². The van der Waals surface area contributed by atoms with Crippen molar-refractivity contribution in [2.24, 2.45) is 22.7 Å². The second-order valence-corrected chi connectivity index (χ2v) is 10.4. The number of hydrogen-bond acceptors (Lipinski definition) is 7. The number of hydrogen-bond donors (Lipinski definition) is 6. The Morgan fingerprint density at radius 2 is 1.64 bits per heavy atom. The van der Waals surface area contributed by atoms with Gasteiger partial charge in [-0.1, -0.05) is 27.7 Å². The first kappa shape index (κ1) is 20.7. The molecule has 0 spiro atoms. The Morgan fingerprint density at radius 3 is 2.18 bits per heavy atom. The quantitative estimate of drug-likeness (QED) is 0.309. The Labute approximate surface area is 165 Å². The fourth-order valence-electron chi connectivity index (χ4n) is 7.23. The number of aliphatic hydroxyl groups is 6. The topological polar surface area (TPSA) is 131 Å². The molecule has 8 unspecified atom stereocenters. The van der Waals surface area contributed by atoms with Crippen molar-refractivity contribution < 1.29 is 35.4 Å². The van der Waals surface area contributed by atoms with Crippen LogP contribution in [-0.2, 0) is 4.74 Å². The summed E-state index contributed by atoms with van der Waals surface area (Å²) in [6.45, 7) is 8.88. The van der Waals surface area contributed by atoms with Gasteiger partial charge in [0.1, 0.15) is 11.7 Å². The minimum Gasteiger partial charge on any atom is -0.392 e. The van der Waals surface area contributed by atoms with E-state index in [-0.39, 0.29) is 19.4 Å². The lowest BCUT2D eigenvalue weighted by molar-refractivity contribution is -0.356. The number of fused-ring (bicyclic) bond motifs is 5. The molecule has 1 saturated heterocycles. The van der Waals surface area contributed by atoms with Crippen LogP contribution in [0.4, 0.5) is 0 Å². The predicted molar refractivity (Wildman–Crippen MR) is 100 cm³/mol. The summed E-state index contributed by atoms with van der Waals surface area (Å²) in [5.74, 6) is -1.32. The van der Waals surface area contributed by atoms with E-state index in [1.165, 1.54) is 0 Å². The van der Waals surface area contributed by atoms with Crippen LogP contribution < -0.4 is 0 Å². The Balaban J connectivity index is 2.00. The molecular weight excluding hydrogens is 364 g/mol. The van der Waals surface area contributed by atoms with Gasteiger partial charge >= 0.3 is 0 Å². The Kier molecular flexibility index (Phi) is 4.28. The van der Waals surface area contributed by atoms with Crippen LogP contribution in [-0.4, -0.2) is 79.0 Å². The van der Waals surface area contributed by atoms with Gasteiger partial charge in [-0.2, -0.15) is 0 Å². The van der Waals surface area contributed by atoms with E-state index >= 15 is 0 Å². The summed E-state index contributed by atoms with van der Waals surface area (Å²) in [5.41, 5.74) is -4.02. The van der Waals surface area contributed by atoms with Gasteiger partial charge in [0.05, 0.1) is 36.6 Å². The molecule has 0 amide bonds. The van der Waals surface area contributed by atoms with Gasteiger partial charge in [0.2, 0.25) is 0 Å². The van der Waals surface area contributed by atoms with Gasteiger partial charge in [0.15, 0.2) is 0 Å². The molecule has 7 nitrogen and oxygen atoms in total. The summed E-state index contributed by atoms with van der Waals surface area (Å²) in [4.78, 5) is 0. The molecule has 10 atom stereocenters. The Morgan fingerprint density at radius 1 is 1.04 bits per heavy atom. The summed E-state index contributed by atoms with van der Waals surface area (Å²) in [6.07, 6.45) is -5.10. The predicted octanol–water partition coefficient (Wildman–Crippen LogP) is -0.287. The van der Waals surface area contributed by atoms with E-state index in [1.54, 1.807) is 13.8 Å². The molecule has 2 bridgehead atoms. The van der Waals surface area contributed by atoms with Crippen molar-refractivity contribution in [3.8, 4) is 0 Å². The van der Waals surface area contributed by atoms with E-state index in [2.05, 4.69) is 0 Å². The Bertz CT molecular complexity index is 720. The Hall–Kier alpha value is -0.540.